The minimum absolute atomic E-state index is 0.0914. The summed E-state index contributed by atoms with van der Waals surface area (Å²) in [7, 11) is 1.53. The van der Waals surface area contributed by atoms with Crippen molar-refractivity contribution in [1.29, 1.82) is 0 Å². The molecule has 0 aromatic heterocycles. The number of anilines is 1. The van der Waals surface area contributed by atoms with Gasteiger partial charge < -0.3 is 19.3 Å². The van der Waals surface area contributed by atoms with Crippen LogP contribution in [0.25, 0.3) is 0 Å². The Balaban J connectivity index is 1.39. The number of piperazine rings is 1. The quantitative estimate of drug-likeness (QED) is 0.594. The molecule has 1 fully saturated rings. The molecule has 8 nitrogen and oxygen atoms in total. The molecule has 0 N–H and O–H groups in total. The second-order valence-corrected chi connectivity index (χ2v) is 7.95. The van der Waals surface area contributed by atoms with Crippen LogP contribution in [0.1, 0.15) is 20.7 Å². The van der Waals surface area contributed by atoms with Crippen LogP contribution in [-0.2, 0) is 9.53 Å². The third-order valence-corrected chi connectivity index (χ3v) is 5.97. The van der Waals surface area contributed by atoms with Gasteiger partial charge in [0.05, 0.1) is 35.0 Å². The standard InChI is InChI=1S/C23H24ClN3O5/c1-31-14-13-27-22(29)16-5-4-7-18(21(16)23(27)30)25-9-11-26(12-10-25)20(28)15-32-19-8-3-2-6-17(19)24/h2-8H,9-15H2,1H3. The molecule has 4 rings (SSSR count). The second-order valence-electron chi connectivity index (χ2n) is 7.54. The average Bonchev–Trinajstić information content (AvgIpc) is 3.06. The smallest absolute Gasteiger partial charge is 0.263 e. The van der Waals surface area contributed by atoms with Crippen LogP contribution in [0, 0.1) is 0 Å². The van der Waals surface area contributed by atoms with Crippen molar-refractivity contribution in [1.82, 2.24) is 9.80 Å². The monoisotopic (exact) mass is 457 g/mol. The topological polar surface area (TPSA) is 79.4 Å². The summed E-state index contributed by atoms with van der Waals surface area (Å²) in [5, 5.41) is 0.460. The zero-order valence-electron chi connectivity index (χ0n) is 17.8. The Morgan fingerprint density at radius 2 is 1.75 bits per heavy atom. The van der Waals surface area contributed by atoms with Crippen LogP contribution in [0.3, 0.4) is 0 Å². The molecule has 2 heterocycles. The highest BCUT2D eigenvalue weighted by atomic mass is 35.5. The molecule has 9 heteroatoms. The third kappa shape index (κ3) is 4.28. The largest absolute Gasteiger partial charge is 0.482 e. The number of ether oxygens (including phenoxy) is 2. The number of imide groups is 1. The molecule has 0 bridgehead atoms. The number of carbonyl (C=O) groups is 3. The van der Waals surface area contributed by atoms with E-state index in [0.717, 1.165) is 5.69 Å². The predicted molar refractivity (Wildman–Crippen MR) is 119 cm³/mol. The van der Waals surface area contributed by atoms with Crippen LogP contribution in [0.15, 0.2) is 42.5 Å². The number of para-hydroxylation sites is 1. The normalized spacial score (nSPS) is 15.9. The number of hydrogen-bond acceptors (Lipinski definition) is 6. The average molecular weight is 458 g/mol. The highest BCUT2D eigenvalue weighted by Gasteiger charge is 2.38. The van der Waals surface area contributed by atoms with Crippen LogP contribution in [0.2, 0.25) is 5.02 Å². The van der Waals surface area contributed by atoms with E-state index in [1.807, 2.05) is 11.0 Å². The zero-order valence-corrected chi connectivity index (χ0v) is 18.5. The van der Waals surface area contributed by atoms with E-state index >= 15 is 0 Å². The molecule has 0 saturated carbocycles. The van der Waals surface area contributed by atoms with Crippen molar-refractivity contribution >= 4 is 35.0 Å². The minimum Gasteiger partial charge on any atom is -0.482 e. The summed E-state index contributed by atoms with van der Waals surface area (Å²) in [5.74, 6) is -0.249. The molecule has 32 heavy (non-hydrogen) atoms. The number of fused-ring (bicyclic) bond motifs is 1. The Morgan fingerprint density at radius 3 is 2.47 bits per heavy atom. The van der Waals surface area contributed by atoms with Crippen molar-refractivity contribution in [3.63, 3.8) is 0 Å². The van der Waals surface area contributed by atoms with Crippen molar-refractivity contribution in [2.24, 2.45) is 0 Å². The molecule has 168 valence electrons. The minimum atomic E-state index is -0.302. The summed E-state index contributed by atoms with van der Waals surface area (Å²) >= 11 is 6.07. The summed E-state index contributed by atoms with van der Waals surface area (Å²) in [6.07, 6.45) is 0. The summed E-state index contributed by atoms with van der Waals surface area (Å²) in [5.41, 5.74) is 1.56. The van der Waals surface area contributed by atoms with Crippen molar-refractivity contribution < 1.29 is 23.9 Å². The fourth-order valence-corrected chi connectivity index (χ4v) is 4.14. The van der Waals surface area contributed by atoms with Crippen molar-refractivity contribution in [2.45, 2.75) is 0 Å². The molecule has 2 aromatic carbocycles. The first-order valence-electron chi connectivity index (χ1n) is 10.4. The van der Waals surface area contributed by atoms with Gasteiger partial charge in [0.2, 0.25) is 0 Å². The van der Waals surface area contributed by atoms with Crippen molar-refractivity contribution in [3.8, 4) is 5.75 Å². The SMILES string of the molecule is COCCN1C(=O)c2cccc(N3CCN(C(=O)COc4ccccc4Cl)CC3)c2C1=O. The Morgan fingerprint density at radius 1 is 1.00 bits per heavy atom. The number of amides is 3. The zero-order chi connectivity index (χ0) is 22.7. The third-order valence-electron chi connectivity index (χ3n) is 5.66. The maximum Gasteiger partial charge on any atom is 0.263 e. The molecule has 0 spiro atoms. The van der Waals surface area contributed by atoms with Crippen LogP contribution in [0.4, 0.5) is 5.69 Å². The first-order chi connectivity index (χ1) is 15.5. The van der Waals surface area contributed by atoms with E-state index in [1.54, 1.807) is 41.3 Å². The van der Waals surface area contributed by atoms with Gasteiger partial charge in [0.25, 0.3) is 17.7 Å². The summed E-state index contributed by atoms with van der Waals surface area (Å²) in [6.45, 7) is 2.50. The first kappa shape index (κ1) is 22.1. The maximum atomic E-state index is 12.9. The predicted octanol–water partition coefficient (Wildman–Crippen LogP) is 2.31. The lowest BCUT2D eigenvalue weighted by atomic mass is 10.1. The van der Waals surface area contributed by atoms with Crippen LogP contribution < -0.4 is 9.64 Å². The molecule has 3 amide bonds. The van der Waals surface area contributed by atoms with Crippen LogP contribution in [0.5, 0.6) is 5.75 Å². The number of nitrogens with zero attached hydrogens (tertiary/aromatic N) is 3. The first-order valence-corrected chi connectivity index (χ1v) is 10.8. The molecule has 1 saturated heterocycles. The summed E-state index contributed by atoms with van der Waals surface area (Å²) < 4.78 is 10.6. The highest BCUT2D eigenvalue weighted by Crippen LogP contribution is 2.32. The van der Waals surface area contributed by atoms with Gasteiger partial charge in [-0.05, 0) is 24.3 Å². The van der Waals surface area contributed by atoms with Crippen LogP contribution >= 0.6 is 11.6 Å². The molecule has 2 aliphatic rings. The molecule has 0 aliphatic carbocycles. The van der Waals surface area contributed by atoms with Gasteiger partial charge in [0, 0.05) is 33.3 Å². The lowest BCUT2D eigenvalue weighted by Gasteiger charge is -2.36. The molecular weight excluding hydrogens is 434 g/mol. The van der Waals surface area contributed by atoms with Gasteiger partial charge in [-0.2, -0.15) is 0 Å². The van der Waals surface area contributed by atoms with Gasteiger partial charge in [-0.1, -0.05) is 29.8 Å². The Kier molecular flexibility index (Phi) is 6.62. The Bertz CT molecular complexity index is 1040. The Hall–Kier alpha value is -3.10. The van der Waals surface area contributed by atoms with E-state index in [0.29, 0.717) is 48.1 Å². The number of methoxy groups -OCH3 is 1. The second kappa shape index (κ2) is 9.58. The lowest BCUT2D eigenvalue weighted by Crippen LogP contribution is -2.50. The highest BCUT2D eigenvalue weighted by molar-refractivity contribution is 6.32. The number of hydrogen-bond donors (Lipinski definition) is 0. The van der Waals surface area contributed by atoms with E-state index in [1.165, 1.54) is 12.0 Å². The molecule has 0 atom stereocenters. The number of benzene rings is 2. The molecule has 0 radical (unpaired) electrons. The van der Waals surface area contributed by atoms with Crippen molar-refractivity contribution in [3.05, 3.63) is 58.6 Å². The van der Waals surface area contributed by atoms with Gasteiger partial charge in [-0.3, -0.25) is 19.3 Å². The summed E-state index contributed by atoms with van der Waals surface area (Å²) in [6, 6.07) is 12.3. The number of halogens is 1. The van der Waals surface area contributed by atoms with Gasteiger partial charge >= 0.3 is 0 Å². The lowest BCUT2D eigenvalue weighted by molar-refractivity contribution is -0.133. The van der Waals surface area contributed by atoms with E-state index in [2.05, 4.69) is 0 Å². The summed E-state index contributed by atoms with van der Waals surface area (Å²) in [4.78, 5) is 43.2. The van der Waals surface area contributed by atoms with E-state index in [4.69, 9.17) is 21.1 Å². The Labute approximate surface area is 191 Å². The fourth-order valence-electron chi connectivity index (χ4n) is 3.95. The molecule has 2 aromatic rings. The number of rotatable bonds is 7. The van der Waals surface area contributed by atoms with Crippen LogP contribution in [-0.4, -0.2) is 80.6 Å². The van der Waals surface area contributed by atoms with Gasteiger partial charge in [0.15, 0.2) is 6.61 Å². The van der Waals surface area contributed by atoms with Gasteiger partial charge in [0.1, 0.15) is 5.75 Å². The van der Waals surface area contributed by atoms with E-state index in [-0.39, 0.29) is 37.5 Å². The molecule has 0 unspecified atom stereocenters. The maximum absolute atomic E-state index is 12.9. The van der Waals surface area contributed by atoms with Crippen molar-refractivity contribution in [2.75, 3.05) is 57.9 Å². The molecular formula is C23H24ClN3O5. The van der Waals surface area contributed by atoms with Gasteiger partial charge in [-0.15, -0.1) is 0 Å². The number of carbonyl (C=O) groups excluding carboxylic acids is 3. The van der Waals surface area contributed by atoms with E-state index < -0.39 is 0 Å². The fraction of sp³-hybridized carbons (Fsp3) is 0.348. The van der Waals surface area contributed by atoms with E-state index in [9.17, 15) is 14.4 Å². The van der Waals surface area contributed by atoms with Gasteiger partial charge in [-0.25, -0.2) is 0 Å². The molecule has 2 aliphatic heterocycles.